The summed E-state index contributed by atoms with van der Waals surface area (Å²) in [6.07, 6.45) is 0.790. The third kappa shape index (κ3) is 2.47. The van der Waals surface area contributed by atoms with Crippen LogP contribution in [0.4, 0.5) is 5.82 Å². The molecule has 18 heavy (non-hydrogen) atoms. The third-order valence-electron chi connectivity index (χ3n) is 3.78. The Hall–Kier alpha value is -1.58. The lowest BCUT2D eigenvalue weighted by atomic mass is 10.0. The molecule has 2 unspecified atom stereocenters. The van der Waals surface area contributed by atoms with Gasteiger partial charge in [-0.15, -0.1) is 0 Å². The first kappa shape index (κ1) is 12.9. The molecule has 0 spiro atoms. The minimum absolute atomic E-state index is 0.0787. The van der Waals surface area contributed by atoms with Crippen molar-refractivity contribution in [2.24, 2.45) is 11.8 Å². The number of carbonyl (C=O) groups is 1. The van der Waals surface area contributed by atoms with Crippen molar-refractivity contribution in [3.63, 3.8) is 0 Å². The number of rotatable bonds is 2. The second-order valence-electron chi connectivity index (χ2n) is 5.29. The van der Waals surface area contributed by atoms with E-state index in [-0.39, 0.29) is 5.91 Å². The first-order valence-electron chi connectivity index (χ1n) is 6.57. The van der Waals surface area contributed by atoms with Crippen molar-refractivity contribution in [2.75, 3.05) is 18.8 Å². The number of aryl methyl sites for hydroxylation is 1. The molecule has 98 valence electrons. The lowest BCUT2D eigenvalue weighted by molar-refractivity contribution is 0.0785. The number of nitrogen functional groups attached to an aromatic ring is 1. The molecule has 0 aliphatic carbocycles. The maximum atomic E-state index is 12.4. The minimum atomic E-state index is 0.0787. The summed E-state index contributed by atoms with van der Waals surface area (Å²) in [4.78, 5) is 18.5. The van der Waals surface area contributed by atoms with Gasteiger partial charge in [0.05, 0.1) is 0 Å². The molecule has 1 amide bonds. The molecule has 1 aliphatic rings. The van der Waals surface area contributed by atoms with Gasteiger partial charge in [-0.3, -0.25) is 4.79 Å². The molecule has 0 saturated carbocycles. The summed E-state index contributed by atoms with van der Waals surface area (Å²) in [7, 11) is 0. The fourth-order valence-corrected chi connectivity index (χ4v) is 2.39. The van der Waals surface area contributed by atoms with Crippen molar-refractivity contribution in [1.29, 1.82) is 0 Å². The molecule has 0 bridgehead atoms. The van der Waals surface area contributed by atoms with Gasteiger partial charge in [0.25, 0.3) is 5.91 Å². The molecule has 2 atom stereocenters. The van der Waals surface area contributed by atoms with Gasteiger partial charge < -0.3 is 10.6 Å². The summed E-state index contributed by atoms with van der Waals surface area (Å²) in [6, 6.07) is 3.53. The highest BCUT2D eigenvalue weighted by Gasteiger charge is 2.30. The van der Waals surface area contributed by atoms with E-state index in [0.29, 0.717) is 23.2 Å². The van der Waals surface area contributed by atoms with Gasteiger partial charge in [0.1, 0.15) is 5.82 Å². The Kier molecular flexibility index (Phi) is 3.55. The van der Waals surface area contributed by atoms with E-state index in [1.807, 2.05) is 17.9 Å². The van der Waals surface area contributed by atoms with E-state index in [9.17, 15) is 4.79 Å². The molecule has 2 heterocycles. The molecule has 2 rings (SSSR count). The van der Waals surface area contributed by atoms with E-state index in [0.717, 1.165) is 25.2 Å². The van der Waals surface area contributed by atoms with E-state index in [2.05, 4.69) is 18.8 Å². The highest BCUT2D eigenvalue weighted by molar-refractivity contribution is 5.95. The van der Waals surface area contributed by atoms with Crippen molar-refractivity contribution in [3.8, 4) is 0 Å². The maximum absolute atomic E-state index is 12.4. The molecule has 4 heteroatoms. The van der Waals surface area contributed by atoms with Crippen molar-refractivity contribution < 1.29 is 4.79 Å². The zero-order chi connectivity index (χ0) is 13.3. The molecule has 4 nitrogen and oxygen atoms in total. The van der Waals surface area contributed by atoms with Crippen molar-refractivity contribution in [3.05, 3.63) is 23.4 Å². The standard InChI is InChI=1S/C14H21N3O/c1-4-12-5-11(6-13(15)16-12)14(18)17-7-9(2)10(3)8-17/h5-6,9-10H,4,7-8H2,1-3H3,(H2,15,16). The SMILES string of the molecule is CCc1cc(C(=O)N2CC(C)C(C)C2)cc(N)n1. The fraction of sp³-hybridized carbons (Fsp3) is 0.571. The second kappa shape index (κ2) is 4.96. The van der Waals surface area contributed by atoms with Crippen LogP contribution in [0.3, 0.4) is 0 Å². The minimum Gasteiger partial charge on any atom is -0.384 e. The van der Waals surface area contributed by atoms with Gasteiger partial charge in [-0.2, -0.15) is 0 Å². The van der Waals surface area contributed by atoms with E-state index in [1.54, 1.807) is 6.07 Å². The zero-order valence-electron chi connectivity index (χ0n) is 11.3. The number of likely N-dealkylation sites (tertiary alicyclic amines) is 1. The molecule has 1 fully saturated rings. The summed E-state index contributed by atoms with van der Waals surface area (Å²) < 4.78 is 0. The average molecular weight is 247 g/mol. The smallest absolute Gasteiger partial charge is 0.254 e. The van der Waals surface area contributed by atoms with Crippen molar-refractivity contribution >= 4 is 11.7 Å². The van der Waals surface area contributed by atoms with Gasteiger partial charge in [-0.05, 0) is 30.4 Å². The maximum Gasteiger partial charge on any atom is 0.254 e. The Morgan fingerprint density at radius 1 is 1.39 bits per heavy atom. The molecule has 1 saturated heterocycles. The largest absolute Gasteiger partial charge is 0.384 e. The third-order valence-corrected chi connectivity index (χ3v) is 3.78. The number of nitrogens with zero attached hydrogens (tertiary/aromatic N) is 2. The zero-order valence-corrected chi connectivity index (χ0v) is 11.3. The molecular weight excluding hydrogens is 226 g/mol. The molecule has 2 N–H and O–H groups in total. The highest BCUT2D eigenvalue weighted by atomic mass is 16.2. The van der Waals surface area contributed by atoms with Crippen LogP contribution in [-0.4, -0.2) is 28.9 Å². The number of pyridine rings is 1. The van der Waals surface area contributed by atoms with Crippen LogP contribution in [0.25, 0.3) is 0 Å². The summed E-state index contributed by atoms with van der Waals surface area (Å²) in [5.41, 5.74) is 7.29. The average Bonchev–Trinajstić information content (AvgIpc) is 2.68. The van der Waals surface area contributed by atoms with Crippen LogP contribution in [0.15, 0.2) is 12.1 Å². The molecule has 0 radical (unpaired) electrons. The van der Waals surface area contributed by atoms with Gasteiger partial charge in [0.15, 0.2) is 0 Å². The van der Waals surface area contributed by atoms with Gasteiger partial charge in [-0.25, -0.2) is 4.98 Å². The van der Waals surface area contributed by atoms with Gasteiger partial charge in [0.2, 0.25) is 0 Å². The number of hydrogen-bond donors (Lipinski definition) is 1. The Balaban J connectivity index is 2.21. The number of amides is 1. The first-order valence-corrected chi connectivity index (χ1v) is 6.57. The number of aromatic nitrogens is 1. The Morgan fingerprint density at radius 3 is 2.56 bits per heavy atom. The van der Waals surface area contributed by atoms with Crippen LogP contribution in [0.1, 0.15) is 36.8 Å². The van der Waals surface area contributed by atoms with E-state index < -0.39 is 0 Å². The molecule has 1 aromatic rings. The van der Waals surface area contributed by atoms with Crippen LogP contribution in [0.2, 0.25) is 0 Å². The predicted molar refractivity (Wildman–Crippen MR) is 72.3 cm³/mol. The van der Waals surface area contributed by atoms with Crippen LogP contribution in [0, 0.1) is 11.8 Å². The van der Waals surface area contributed by atoms with E-state index >= 15 is 0 Å². The van der Waals surface area contributed by atoms with E-state index in [1.165, 1.54) is 0 Å². The Morgan fingerprint density at radius 2 is 2.00 bits per heavy atom. The molecular formula is C14H21N3O. The van der Waals surface area contributed by atoms with Crippen LogP contribution >= 0.6 is 0 Å². The number of anilines is 1. The summed E-state index contributed by atoms with van der Waals surface area (Å²) in [6.45, 7) is 8.07. The monoisotopic (exact) mass is 247 g/mol. The van der Waals surface area contributed by atoms with Gasteiger partial charge >= 0.3 is 0 Å². The first-order chi connectivity index (χ1) is 8.51. The molecule has 0 aromatic carbocycles. The topological polar surface area (TPSA) is 59.2 Å². The van der Waals surface area contributed by atoms with Gasteiger partial charge in [-0.1, -0.05) is 20.8 Å². The normalized spacial score (nSPS) is 23.4. The number of nitrogens with two attached hydrogens (primary N) is 1. The second-order valence-corrected chi connectivity index (χ2v) is 5.29. The lowest BCUT2D eigenvalue weighted by Crippen LogP contribution is -2.29. The Labute approximate surface area is 108 Å². The van der Waals surface area contributed by atoms with Crippen LogP contribution < -0.4 is 5.73 Å². The van der Waals surface area contributed by atoms with Crippen molar-refractivity contribution in [1.82, 2.24) is 9.88 Å². The van der Waals surface area contributed by atoms with Crippen molar-refractivity contribution in [2.45, 2.75) is 27.2 Å². The fourth-order valence-electron chi connectivity index (χ4n) is 2.39. The number of carbonyl (C=O) groups excluding carboxylic acids is 1. The molecule has 1 aliphatic heterocycles. The van der Waals surface area contributed by atoms with Crippen LogP contribution in [-0.2, 0) is 6.42 Å². The molecule has 1 aromatic heterocycles. The van der Waals surface area contributed by atoms with E-state index in [4.69, 9.17) is 5.73 Å². The lowest BCUT2D eigenvalue weighted by Gasteiger charge is -2.16. The predicted octanol–water partition coefficient (Wildman–Crippen LogP) is 1.95. The number of hydrogen-bond acceptors (Lipinski definition) is 3. The summed E-state index contributed by atoms with van der Waals surface area (Å²) in [5, 5.41) is 0. The van der Waals surface area contributed by atoms with Gasteiger partial charge in [0, 0.05) is 24.3 Å². The summed E-state index contributed by atoms with van der Waals surface area (Å²) in [5.74, 6) is 1.64. The Bertz CT molecular complexity index is 448. The highest BCUT2D eigenvalue weighted by Crippen LogP contribution is 2.24. The van der Waals surface area contributed by atoms with Crippen LogP contribution in [0.5, 0.6) is 0 Å². The quantitative estimate of drug-likeness (QED) is 0.869. The summed E-state index contributed by atoms with van der Waals surface area (Å²) >= 11 is 0.